The minimum absolute atomic E-state index is 0.141. The number of nitrogens with zero attached hydrogens (tertiary/aromatic N) is 1. The normalized spacial score (nSPS) is 27.5. The highest BCUT2D eigenvalue weighted by Crippen LogP contribution is 2.27. The number of nitrogens with two attached hydrogens (primary N) is 1. The minimum Gasteiger partial charge on any atom is -0.465 e. The summed E-state index contributed by atoms with van der Waals surface area (Å²) in [6.07, 6.45) is 2.84. The molecule has 4 nitrogen and oxygen atoms in total. The van der Waals surface area contributed by atoms with Gasteiger partial charge in [-0.05, 0) is 46.5 Å². The molecule has 1 fully saturated rings. The average molecular weight is 214 g/mol. The summed E-state index contributed by atoms with van der Waals surface area (Å²) < 4.78 is 0. The first-order valence-corrected chi connectivity index (χ1v) is 5.60. The maximum absolute atomic E-state index is 11.2. The van der Waals surface area contributed by atoms with Crippen LogP contribution in [0.2, 0.25) is 0 Å². The molecular weight excluding hydrogens is 192 g/mol. The third-order valence-electron chi connectivity index (χ3n) is 3.04. The van der Waals surface area contributed by atoms with Gasteiger partial charge in [0.2, 0.25) is 0 Å². The van der Waals surface area contributed by atoms with Crippen molar-refractivity contribution < 1.29 is 9.90 Å². The lowest BCUT2D eigenvalue weighted by molar-refractivity contribution is 0.0549. The van der Waals surface area contributed by atoms with E-state index in [4.69, 9.17) is 5.73 Å². The van der Waals surface area contributed by atoms with Crippen molar-refractivity contribution >= 4 is 6.09 Å². The molecular formula is C11H22N2O2. The maximum Gasteiger partial charge on any atom is 0.407 e. The highest BCUT2D eigenvalue weighted by atomic mass is 16.4. The van der Waals surface area contributed by atoms with Gasteiger partial charge < -0.3 is 15.7 Å². The SMILES string of the molecule is CC(C)(C)N(C(=O)O)[C@H]1CC[C@@H](N)CC1. The Hall–Kier alpha value is -0.770. The Morgan fingerprint density at radius 3 is 2.07 bits per heavy atom. The summed E-state index contributed by atoms with van der Waals surface area (Å²) in [5.41, 5.74) is 5.49. The fourth-order valence-corrected chi connectivity index (χ4v) is 2.35. The monoisotopic (exact) mass is 214 g/mol. The molecule has 15 heavy (non-hydrogen) atoms. The fourth-order valence-electron chi connectivity index (χ4n) is 2.35. The zero-order valence-corrected chi connectivity index (χ0v) is 9.86. The highest BCUT2D eigenvalue weighted by molar-refractivity contribution is 5.66. The first kappa shape index (κ1) is 12.3. The summed E-state index contributed by atoms with van der Waals surface area (Å²) >= 11 is 0. The second-order valence-corrected chi connectivity index (χ2v) is 5.39. The molecule has 0 aliphatic heterocycles. The molecule has 4 heteroatoms. The van der Waals surface area contributed by atoms with Crippen LogP contribution in [0.15, 0.2) is 0 Å². The quantitative estimate of drug-likeness (QED) is 0.702. The molecule has 0 aromatic rings. The van der Waals surface area contributed by atoms with E-state index >= 15 is 0 Å². The van der Waals surface area contributed by atoms with Crippen LogP contribution < -0.4 is 5.73 Å². The van der Waals surface area contributed by atoms with Gasteiger partial charge in [0, 0.05) is 17.6 Å². The molecule has 0 radical (unpaired) electrons. The van der Waals surface area contributed by atoms with Gasteiger partial charge in [0.25, 0.3) is 0 Å². The second-order valence-electron chi connectivity index (χ2n) is 5.39. The lowest BCUT2D eigenvalue weighted by atomic mass is 9.88. The number of carbonyl (C=O) groups is 1. The van der Waals surface area contributed by atoms with Gasteiger partial charge in [-0.15, -0.1) is 0 Å². The number of hydrogen-bond donors (Lipinski definition) is 2. The Kier molecular flexibility index (Phi) is 3.60. The molecule has 0 unspecified atom stereocenters. The molecule has 0 saturated heterocycles. The van der Waals surface area contributed by atoms with Gasteiger partial charge in [-0.1, -0.05) is 0 Å². The smallest absolute Gasteiger partial charge is 0.407 e. The van der Waals surface area contributed by atoms with Gasteiger partial charge in [-0.25, -0.2) is 4.79 Å². The molecule has 1 aliphatic rings. The topological polar surface area (TPSA) is 66.6 Å². The van der Waals surface area contributed by atoms with E-state index in [2.05, 4.69) is 0 Å². The zero-order chi connectivity index (χ0) is 11.6. The molecule has 0 aromatic heterocycles. The third kappa shape index (κ3) is 3.09. The number of rotatable bonds is 1. The first-order valence-electron chi connectivity index (χ1n) is 5.60. The summed E-state index contributed by atoms with van der Waals surface area (Å²) in [6.45, 7) is 5.82. The molecule has 1 saturated carbocycles. The predicted molar refractivity (Wildman–Crippen MR) is 59.8 cm³/mol. The molecule has 0 spiro atoms. The van der Waals surface area contributed by atoms with Crippen LogP contribution in [0.25, 0.3) is 0 Å². The minimum atomic E-state index is -0.817. The van der Waals surface area contributed by atoms with E-state index in [-0.39, 0.29) is 17.6 Å². The van der Waals surface area contributed by atoms with Gasteiger partial charge in [-0.3, -0.25) is 0 Å². The molecule has 1 rings (SSSR count). The average Bonchev–Trinajstić information content (AvgIpc) is 2.05. The van der Waals surface area contributed by atoms with Gasteiger partial charge in [0.05, 0.1) is 0 Å². The summed E-state index contributed by atoms with van der Waals surface area (Å²) in [4.78, 5) is 12.8. The molecule has 1 aliphatic carbocycles. The lowest BCUT2D eigenvalue weighted by Crippen LogP contribution is -2.52. The van der Waals surface area contributed by atoms with Crippen LogP contribution in [-0.2, 0) is 0 Å². The summed E-state index contributed by atoms with van der Waals surface area (Å²) in [6, 6.07) is 0.402. The Morgan fingerprint density at radius 1 is 1.27 bits per heavy atom. The van der Waals surface area contributed by atoms with Crippen molar-refractivity contribution in [2.45, 2.75) is 64.1 Å². The fraction of sp³-hybridized carbons (Fsp3) is 0.909. The van der Waals surface area contributed by atoms with Crippen molar-refractivity contribution in [2.75, 3.05) is 0 Å². The van der Waals surface area contributed by atoms with E-state index in [0.717, 1.165) is 25.7 Å². The van der Waals surface area contributed by atoms with Crippen LogP contribution in [0.3, 0.4) is 0 Å². The number of carboxylic acid groups (broad SMARTS) is 1. The van der Waals surface area contributed by atoms with E-state index in [1.54, 1.807) is 4.90 Å². The van der Waals surface area contributed by atoms with Crippen LogP contribution in [-0.4, -0.2) is 33.7 Å². The Labute approximate surface area is 91.4 Å². The molecule has 88 valence electrons. The summed E-state index contributed by atoms with van der Waals surface area (Å²) in [5, 5.41) is 9.22. The van der Waals surface area contributed by atoms with E-state index in [9.17, 15) is 9.90 Å². The molecule has 0 aromatic carbocycles. The largest absolute Gasteiger partial charge is 0.465 e. The van der Waals surface area contributed by atoms with E-state index in [1.807, 2.05) is 20.8 Å². The predicted octanol–water partition coefficient (Wildman–Crippen LogP) is 2.03. The van der Waals surface area contributed by atoms with Crippen molar-refractivity contribution in [1.82, 2.24) is 4.90 Å². The second kappa shape index (κ2) is 4.39. The van der Waals surface area contributed by atoms with Crippen molar-refractivity contribution in [3.8, 4) is 0 Å². The van der Waals surface area contributed by atoms with Crippen LogP contribution >= 0.6 is 0 Å². The Balaban J connectivity index is 2.69. The molecule has 0 bridgehead atoms. The van der Waals surface area contributed by atoms with Crippen molar-refractivity contribution in [1.29, 1.82) is 0 Å². The summed E-state index contributed by atoms with van der Waals surface area (Å²) in [5.74, 6) is 0. The van der Waals surface area contributed by atoms with E-state index < -0.39 is 6.09 Å². The molecule has 0 atom stereocenters. The first-order chi connectivity index (χ1) is 6.82. The van der Waals surface area contributed by atoms with Crippen molar-refractivity contribution in [2.24, 2.45) is 5.73 Å². The van der Waals surface area contributed by atoms with Crippen LogP contribution in [0.4, 0.5) is 4.79 Å². The molecule has 1 amide bonds. The Morgan fingerprint density at radius 2 is 1.73 bits per heavy atom. The van der Waals surface area contributed by atoms with Gasteiger partial charge in [-0.2, -0.15) is 0 Å². The standard InChI is InChI=1S/C11H22N2O2/c1-11(2,3)13(10(14)15)9-6-4-8(12)5-7-9/h8-9H,4-7,12H2,1-3H3,(H,14,15)/t8-,9+. The maximum atomic E-state index is 11.2. The van der Waals surface area contributed by atoms with Gasteiger partial charge in [0.1, 0.15) is 0 Å². The van der Waals surface area contributed by atoms with E-state index in [1.165, 1.54) is 0 Å². The number of amides is 1. The molecule has 3 N–H and O–H groups in total. The Bertz CT molecular complexity index is 227. The van der Waals surface area contributed by atoms with Crippen LogP contribution in [0.5, 0.6) is 0 Å². The van der Waals surface area contributed by atoms with Crippen molar-refractivity contribution in [3.05, 3.63) is 0 Å². The zero-order valence-electron chi connectivity index (χ0n) is 9.86. The van der Waals surface area contributed by atoms with Crippen molar-refractivity contribution in [3.63, 3.8) is 0 Å². The van der Waals surface area contributed by atoms with Crippen LogP contribution in [0, 0.1) is 0 Å². The lowest BCUT2D eigenvalue weighted by Gasteiger charge is -2.42. The van der Waals surface area contributed by atoms with Gasteiger partial charge >= 0.3 is 6.09 Å². The third-order valence-corrected chi connectivity index (χ3v) is 3.04. The molecule has 0 heterocycles. The van der Waals surface area contributed by atoms with Crippen LogP contribution in [0.1, 0.15) is 46.5 Å². The van der Waals surface area contributed by atoms with E-state index in [0.29, 0.717) is 0 Å². The van der Waals surface area contributed by atoms with Gasteiger partial charge in [0.15, 0.2) is 0 Å². The highest BCUT2D eigenvalue weighted by Gasteiger charge is 2.34. The number of hydrogen-bond acceptors (Lipinski definition) is 2. The summed E-state index contributed by atoms with van der Waals surface area (Å²) in [7, 11) is 0.